The number of hydrogen-bond donors (Lipinski definition) is 2. The molecule has 1 aliphatic carbocycles. The van der Waals surface area contributed by atoms with E-state index in [9.17, 15) is 14.7 Å². The third kappa shape index (κ3) is 2.80. The monoisotopic (exact) mass is 248 g/mol. The minimum Gasteiger partial charge on any atom is -0.479 e. The molecule has 1 aromatic rings. The van der Waals surface area contributed by atoms with Crippen LogP contribution in [0.4, 0.5) is 4.79 Å². The number of rotatable bonds is 4. The number of urea groups is 1. The van der Waals surface area contributed by atoms with Gasteiger partial charge in [-0.1, -0.05) is 30.3 Å². The molecule has 0 bridgehead atoms. The van der Waals surface area contributed by atoms with E-state index >= 15 is 0 Å². The Morgan fingerprint density at radius 1 is 1.33 bits per heavy atom. The molecule has 2 amide bonds. The van der Waals surface area contributed by atoms with Crippen LogP contribution in [-0.4, -0.2) is 35.1 Å². The lowest BCUT2D eigenvalue weighted by atomic mass is 10.1. The molecule has 2 rings (SSSR count). The summed E-state index contributed by atoms with van der Waals surface area (Å²) in [5, 5.41) is 11.7. The fourth-order valence-corrected chi connectivity index (χ4v) is 1.79. The van der Waals surface area contributed by atoms with Gasteiger partial charge in [-0.3, -0.25) is 0 Å². The molecule has 96 valence electrons. The van der Waals surface area contributed by atoms with E-state index in [0.29, 0.717) is 5.56 Å². The average molecular weight is 248 g/mol. The molecule has 0 heterocycles. The third-order valence-corrected chi connectivity index (χ3v) is 3.06. The summed E-state index contributed by atoms with van der Waals surface area (Å²) in [6.07, 6.45) is 1.99. The highest BCUT2D eigenvalue weighted by atomic mass is 16.4. The van der Waals surface area contributed by atoms with Crippen molar-refractivity contribution in [3.63, 3.8) is 0 Å². The van der Waals surface area contributed by atoms with Gasteiger partial charge in [0.05, 0.1) is 0 Å². The molecule has 1 saturated carbocycles. The van der Waals surface area contributed by atoms with E-state index in [1.54, 1.807) is 42.3 Å². The van der Waals surface area contributed by atoms with E-state index in [0.717, 1.165) is 12.8 Å². The normalized spacial score (nSPS) is 15.8. The summed E-state index contributed by atoms with van der Waals surface area (Å²) in [6.45, 7) is 0. The summed E-state index contributed by atoms with van der Waals surface area (Å²) in [5.41, 5.74) is 0.572. The number of amides is 2. The predicted molar refractivity (Wildman–Crippen MR) is 66.1 cm³/mol. The number of aliphatic carboxylic acids is 1. The number of carboxylic acids is 1. The summed E-state index contributed by atoms with van der Waals surface area (Å²) in [4.78, 5) is 24.6. The van der Waals surface area contributed by atoms with Gasteiger partial charge in [0.25, 0.3) is 0 Å². The van der Waals surface area contributed by atoms with Gasteiger partial charge in [-0.05, 0) is 18.4 Å². The third-order valence-electron chi connectivity index (χ3n) is 3.06. The van der Waals surface area contributed by atoms with E-state index < -0.39 is 12.0 Å². The second-order valence-electron chi connectivity index (χ2n) is 4.47. The first-order valence-electron chi connectivity index (χ1n) is 5.90. The Balaban J connectivity index is 2.07. The van der Waals surface area contributed by atoms with Crippen LogP contribution in [0.1, 0.15) is 24.4 Å². The Bertz CT molecular complexity index is 443. The molecule has 1 atom stereocenters. The van der Waals surface area contributed by atoms with Crippen molar-refractivity contribution in [1.82, 2.24) is 10.2 Å². The van der Waals surface area contributed by atoms with E-state index in [-0.39, 0.29) is 12.1 Å². The fourth-order valence-electron chi connectivity index (χ4n) is 1.79. The van der Waals surface area contributed by atoms with Crippen molar-refractivity contribution in [3.8, 4) is 0 Å². The van der Waals surface area contributed by atoms with Gasteiger partial charge in [0.2, 0.25) is 0 Å². The van der Waals surface area contributed by atoms with Gasteiger partial charge in [-0.15, -0.1) is 0 Å². The smallest absolute Gasteiger partial charge is 0.330 e. The van der Waals surface area contributed by atoms with E-state index in [1.165, 1.54) is 0 Å². The zero-order chi connectivity index (χ0) is 13.1. The molecule has 0 aliphatic heterocycles. The van der Waals surface area contributed by atoms with Gasteiger partial charge in [0, 0.05) is 13.1 Å². The van der Waals surface area contributed by atoms with E-state index in [1.807, 2.05) is 0 Å². The van der Waals surface area contributed by atoms with E-state index in [4.69, 9.17) is 0 Å². The quantitative estimate of drug-likeness (QED) is 0.850. The molecular formula is C13H16N2O3. The Morgan fingerprint density at radius 2 is 1.94 bits per heavy atom. The Labute approximate surface area is 105 Å². The second kappa shape index (κ2) is 5.08. The highest BCUT2D eigenvalue weighted by molar-refractivity contribution is 5.83. The van der Waals surface area contributed by atoms with Crippen LogP contribution in [-0.2, 0) is 4.79 Å². The lowest BCUT2D eigenvalue weighted by molar-refractivity contribution is -0.139. The van der Waals surface area contributed by atoms with Crippen LogP contribution in [0.3, 0.4) is 0 Å². The van der Waals surface area contributed by atoms with Crippen LogP contribution in [0, 0.1) is 0 Å². The summed E-state index contributed by atoms with van der Waals surface area (Å²) in [5.74, 6) is -1.06. The summed E-state index contributed by atoms with van der Waals surface area (Å²) in [6, 6.07) is 7.61. The zero-order valence-electron chi connectivity index (χ0n) is 10.2. The molecule has 18 heavy (non-hydrogen) atoms. The van der Waals surface area contributed by atoms with Gasteiger partial charge in [0.15, 0.2) is 6.04 Å². The number of nitrogens with one attached hydrogen (secondary N) is 1. The maximum Gasteiger partial charge on any atom is 0.330 e. The molecule has 0 radical (unpaired) electrons. The first kappa shape index (κ1) is 12.4. The Kier molecular flexibility index (Phi) is 3.50. The number of carbonyl (C=O) groups excluding carboxylic acids is 1. The maximum atomic E-state index is 11.9. The lowest BCUT2D eigenvalue weighted by Gasteiger charge is -2.21. The van der Waals surface area contributed by atoms with Crippen LogP contribution < -0.4 is 5.32 Å². The van der Waals surface area contributed by atoms with E-state index in [2.05, 4.69) is 5.32 Å². The fraction of sp³-hybridized carbons (Fsp3) is 0.385. The number of carbonyl (C=O) groups is 2. The van der Waals surface area contributed by atoms with Crippen molar-refractivity contribution in [1.29, 1.82) is 0 Å². The van der Waals surface area contributed by atoms with Crippen LogP contribution in [0.25, 0.3) is 0 Å². The van der Waals surface area contributed by atoms with Crippen molar-refractivity contribution in [3.05, 3.63) is 35.9 Å². The summed E-state index contributed by atoms with van der Waals surface area (Å²) < 4.78 is 0. The first-order valence-corrected chi connectivity index (χ1v) is 5.90. The van der Waals surface area contributed by atoms with Gasteiger partial charge < -0.3 is 15.3 Å². The molecule has 5 heteroatoms. The van der Waals surface area contributed by atoms with Crippen molar-refractivity contribution >= 4 is 12.0 Å². The van der Waals surface area contributed by atoms with Gasteiger partial charge in [0.1, 0.15) is 0 Å². The van der Waals surface area contributed by atoms with Gasteiger partial charge >= 0.3 is 12.0 Å². The highest BCUT2D eigenvalue weighted by Gasteiger charge is 2.31. The Hall–Kier alpha value is -2.04. The molecule has 5 nitrogen and oxygen atoms in total. The largest absolute Gasteiger partial charge is 0.479 e. The standard InChI is InChI=1S/C13H16N2O3/c1-15(10-7-8-10)13(18)14-11(12(16)17)9-5-3-2-4-6-9/h2-6,10-11H,7-8H2,1H3,(H,14,18)(H,16,17)/t11-/m1/s1. The average Bonchev–Trinajstić information content (AvgIpc) is 3.19. The first-order chi connectivity index (χ1) is 8.59. The zero-order valence-corrected chi connectivity index (χ0v) is 10.2. The molecule has 1 fully saturated rings. The summed E-state index contributed by atoms with van der Waals surface area (Å²) in [7, 11) is 1.69. The second-order valence-corrected chi connectivity index (χ2v) is 4.47. The predicted octanol–water partition coefficient (Wildman–Crippen LogP) is 1.62. The van der Waals surface area contributed by atoms with Crippen LogP contribution >= 0.6 is 0 Å². The van der Waals surface area contributed by atoms with Crippen LogP contribution in [0.2, 0.25) is 0 Å². The molecule has 0 spiro atoms. The van der Waals surface area contributed by atoms with Gasteiger partial charge in [-0.2, -0.15) is 0 Å². The SMILES string of the molecule is CN(C(=O)N[C@@H](C(=O)O)c1ccccc1)C1CC1. The molecule has 1 aliphatic rings. The molecule has 0 saturated heterocycles. The molecule has 0 unspecified atom stereocenters. The van der Waals surface area contributed by atoms with Crippen molar-refractivity contribution in [2.24, 2.45) is 0 Å². The van der Waals surface area contributed by atoms with Gasteiger partial charge in [-0.25, -0.2) is 9.59 Å². The number of hydrogen-bond acceptors (Lipinski definition) is 2. The van der Waals surface area contributed by atoms with Crippen molar-refractivity contribution in [2.75, 3.05) is 7.05 Å². The van der Waals surface area contributed by atoms with Crippen LogP contribution in [0.5, 0.6) is 0 Å². The molecular weight excluding hydrogens is 232 g/mol. The molecule has 2 N–H and O–H groups in total. The summed E-state index contributed by atoms with van der Waals surface area (Å²) >= 11 is 0. The van der Waals surface area contributed by atoms with Crippen LogP contribution in [0.15, 0.2) is 30.3 Å². The number of benzene rings is 1. The van der Waals surface area contributed by atoms with Crippen molar-refractivity contribution in [2.45, 2.75) is 24.9 Å². The maximum absolute atomic E-state index is 11.9. The topological polar surface area (TPSA) is 69.6 Å². The Morgan fingerprint density at radius 3 is 2.44 bits per heavy atom. The molecule has 0 aromatic heterocycles. The minimum atomic E-state index is -1.06. The highest BCUT2D eigenvalue weighted by Crippen LogP contribution is 2.25. The lowest BCUT2D eigenvalue weighted by Crippen LogP contribution is -2.42. The molecule has 1 aromatic carbocycles. The minimum absolute atomic E-state index is 0.259. The number of carboxylic acid groups (broad SMARTS) is 1. The van der Waals surface area contributed by atoms with Crippen molar-refractivity contribution < 1.29 is 14.7 Å². The number of nitrogens with zero attached hydrogens (tertiary/aromatic N) is 1.